The van der Waals surface area contributed by atoms with E-state index in [1.807, 2.05) is 6.07 Å². The lowest BCUT2D eigenvalue weighted by atomic mass is 10.1. The Morgan fingerprint density at radius 1 is 1.06 bits per heavy atom. The summed E-state index contributed by atoms with van der Waals surface area (Å²) in [6, 6.07) is 8.75. The van der Waals surface area contributed by atoms with Crippen molar-refractivity contribution in [3.05, 3.63) is 35.9 Å². The van der Waals surface area contributed by atoms with Crippen molar-refractivity contribution in [2.75, 3.05) is 32.7 Å². The molecule has 0 atom stereocenters. The van der Waals surface area contributed by atoms with Crippen molar-refractivity contribution < 1.29 is 9.59 Å². The minimum absolute atomic E-state index is 0.378. The monoisotopic (exact) mass is 246 g/mol. The summed E-state index contributed by atoms with van der Waals surface area (Å²) >= 11 is 0. The molecule has 1 saturated heterocycles. The second-order valence-electron chi connectivity index (χ2n) is 4.42. The zero-order valence-corrected chi connectivity index (χ0v) is 10.6. The number of benzene rings is 1. The highest BCUT2D eigenvalue weighted by atomic mass is 16.2. The molecule has 1 aromatic rings. The van der Waals surface area contributed by atoms with E-state index < -0.39 is 5.78 Å². The van der Waals surface area contributed by atoms with Crippen molar-refractivity contribution in [2.45, 2.75) is 6.92 Å². The third-order valence-corrected chi connectivity index (χ3v) is 3.34. The number of hydrogen-bond acceptors (Lipinski definition) is 3. The number of Topliss-reactive ketones (excluding diaryl/α,β-unsaturated/α-hetero) is 1. The number of amides is 1. The molecule has 1 fully saturated rings. The second-order valence-corrected chi connectivity index (χ2v) is 4.42. The molecule has 18 heavy (non-hydrogen) atoms. The number of carbonyl (C=O) groups is 2. The van der Waals surface area contributed by atoms with Gasteiger partial charge in [-0.05, 0) is 6.54 Å². The van der Waals surface area contributed by atoms with Crippen molar-refractivity contribution in [1.82, 2.24) is 9.80 Å². The fraction of sp³-hybridized carbons (Fsp3) is 0.429. The zero-order valence-electron chi connectivity index (χ0n) is 10.6. The van der Waals surface area contributed by atoms with Gasteiger partial charge in [-0.15, -0.1) is 0 Å². The molecule has 1 amide bonds. The summed E-state index contributed by atoms with van der Waals surface area (Å²) in [5.74, 6) is -0.780. The third-order valence-electron chi connectivity index (χ3n) is 3.34. The van der Waals surface area contributed by atoms with Crippen molar-refractivity contribution in [3.63, 3.8) is 0 Å². The lowest BCUT2D eigenvalue weighted by Crippen LogP contribution is -2.50. The molecule has 0 saturated carbocycles. The van der Waals surface area contributed by atoms with Gasteiger partial charge in [-0.25, -0.2) is 0 Å². The Morgan fingerprint density at radius 3 is 2.22 bits per heavy atom. The van der Waals surface area contributed by atoms with Crippen LogP contribution in [0.15, 0.2) is 30.3 Å². The van der Waals surface area contributed by atoms with Gasteiger partial charge in [-0.1, -0.05) is 37.3 Å². The maximum atomic E-state index is 12.1. The van der Waals surface area contributed by atoms with Crippen LogP contribution in [0.2, 0.25) is 0 Å². The van der Waals surface area contributed by atoms with Crippen LogP contribution in [0.5, 0.6) is 0 Å². The predicted molar refractivity (Wildman–Crippen MR) is 69.5 cm³/mol. The van der Waals surface area contributed by atoms with Crippen LogP contribution >= 0.6 is 0 Å². The fourth-order valence-corrected chi connectivity index (χ4v) is 2.12. The van der Waals surface area contributed by atoms with Crippen LogP contribution in [0.3, 0.4) is 0 Å². The Balaban J connectivity index is 1.98. The van der Waals surface area contributed by atoms with Crippen LogP contribution in [-0.2, 0) is 4.79 Å². The molecule has 0 unspecified atom stereocenters. The molecule has 0 aromatic heterocycles. The van der Waals surface area contributed by atoms with Crippen LogP contribution in [0.1, 0.15) is 17.3 Å². The normalized spacial score (nSPS) is 16.6. The quantitative estimate of drug-likeness (QED) is 0.591. The molecule has 0 bridgehead atoms. The van der Waals surface area contributed by atoms with E-state index in [9.17, 15) is 9.59 Å². The first-order valence-corrected chi connectivity index (χ1v) is 6.33. The van der Waals surface area contributed by atoms with Crippen molar-refractivity contribution in [2.24, 2.45) is 0 Å². The highest BCUT2D eigenvalue weighted by Crippen LogP contribution is 2.06. The Hall–Kier alpha value is -1.68. The van der Waals surface area contributed by atoms with Crippen LogP contribution in [0.4, 0.5) is 0 Å². The van der Waals surface area contributed by atoms with E-state index in [1.54, 1.807) is 29.2 Å². The number of likely N-dealkylation sites (N-methyl/N-ethyl adjacent to an activating group) is 1. The molecule has 0 N–H and O–H groups in total. The Labute approximate surface area is 107 Å². The van der Waals surface area contributed by atoms with E-state index in [2.05, 4.69) is 11.8 Å². The van der Waals surface area contributed by atoms with Gasteiger partial charge in [0.15, 0.2) is 0 Å². The second kappa shape index (κ2) is 5.78. The van der Waals surface area contributed by atoms with Crippen LogP contribution in [-0.4, -0.2) is 54.2 Å². The molecular formula is C14H18N2O2. The zero-order chi connectivity index (χ0) is 13.0. The number of piperazine rings is 1. The molecule has 0 radical (unpaired) electrons. The SMILES string of the molecule is CCN1CCN(C(=O)C(=O)c2ccccc2)CC1. The Morgan fingerprint density at radius 2 is 1.67 bits per heavy atom. The average molecular weight is 246 g/mol. The molecule has 2 rings (SSSR count). The molecule has 1 aliphatic heterocycles. The van der Waals surface area contributed by atoms with Gasteiger partial charge in [-0.2, -0.15) is 0 Å². The standard InChI is InChI=1S/C14H18N2O2/c1-2-15-8-10-16(11-9-15)14(18)13(17)12-6-4-3-5-7-12/h3-7H,2,8-11H2,1H3. The van der Waals surface area contributed by atoms with Gasteiger partial charge in [0.1, 0.15) is 0 Å². The van der Waals surface area contributed by atoms with E-state index in [0.717, 1.165) is 19.6 Å². The molecule has 0 spiro atoms. The van der Waals surface area contributed by atoms with Crippen LogP contribution in [0, 0.1) is 0 Å². The predicted octanol–water partition coefficient (Wildman–Crippen LogP) is 1.03. The van der Waals surface area contributed by atoms with Gasteiger partial charge in [-0.3, -0.25) is 9.59 Å². The minimum Gasteiger partial charge on any atom is -0.333 e. The first-order chi connectivity index (χ1) is 8.72. The van der Waals surface area contributed by atoms with Gasteiger partial charge in [0.05, 0.1) is 0 Å². The molecular weight excluding hydrogens is 228 g/mol. The molecule has 96 valence electrons. The maximum absolute atomic E-state index is 12.1. The summed E-state index contributed by atoms with van der Waals surface area (Å²) in [7, 11) is 0. The van der Waals surface area contributed by atoms with E-state index in [-0.39, 0.29) is 5.91 Å². The number of ketones is 1. The topological polar surface area (TPSA) is 40.6 Å². The minimum atomic E-state index is -0.402. The van der Waals surface area contributed by atoms with Crippen molar-refractivity contribution in [3.8, 4) is 0 Å². The molecule has 1 aliphatic rings. The summed E-state index contributed by atoms with van der Waals surface area (Å²) in [4.78, 5) is 28.0. The van der Waals surface area contributed by atoms with E-state index >= 15 is 0 Å². The lowest BCUT2D eigenvalue weighted by molar-refractivity contribution is -0.128. The van der Waals surface area contributed by atoms with Gasteiger partial charge in [0, 0.05) is 31.7 Å². The number of hydrogen-bond donors (Lipinski definition) is 0. The molecule has 0 aliphatic carbocycles. The first kappa shape index (κ1) is 12.8. The molecule has 4 nitrogen and oxygen atoms in total. The maximum Gasteiger partial charge on any atom is 0.295 e. The highest BCUT2D eigenvalue weighted by molar-refractivity contribution is 6.42. The molecule has 1 heterocycles. The summed E-state index contributed by atoms with van der Waals surface area (Å²) < 4.78 is 0. The van der Waals surface area contributed by atoms with Crippen molar-refractivity contribution in [1.29, 1.82) is 0 Å². The summed E-state index contributed by atoms with van der Waals surface area (Å²) in [6.07, 6.45) is 0. The fourth-order valence-electron chi connectivity index (χ4n) is 2.12. The molecule has 1 aromatic carbocycles. The van der Waals surface area contributed by atoms with Gasteiger partial charge < -0.3 is 9.80 Å². The van der Waals surface area contributed by atoms with Gasteiger partial charge in [0.2, 0.25) is 5.78 Å². The first-order valence-electron chi connectivity index (χ1n) is 6.33. The van der Waals surface area contributed by atoms with E-state index in [1.165, 1.54) is 0 Å². The van der Waals surface area contributed by atoms with Crippen LogP contribution < -0.4 is 0 Å². The Kier molecular flexibility index (Phi) is 4.10. The summed E-state index contributed by atoms with van der Waals surface area (Å²) in [6.45, 7) is 6.09. The average Bonchev–Trinajstić information content (AvgIpc) is 2.47. The summed E-state index contributed by atoms with van der Waals surface area (Å²) in [5.41, 5.74) is 0.473. The number of rotatable bonds is 3. The van der Waals surface area contributed by atoms with Crippen molar-refractivity contribution >= 4 is 11.7 Å². The van der Waals surface area contributed by atoms with Gasteiger partial charge >= 0.3 is 0 Å². The van der Waals surface area contributed by atoms with Gasteiger partial charge in [0.25, 0.3) is 5.91 Å². The number of nitrogens with zero attached hydrogens (tertiary/aromatic N) is 2. The largest absolute Gasteiger partial charge is 0.333 e. The smallest absolute Gasteiger partial charge is 0.295 e. The van der Waals surface area contributed by atoms with Crippen LogP contribution in [0.25, 0.3) is 0 Å². The molecule has 4 heteroatoms. The highest BCUT2D eigenvalue weighted by Gasteiger charge is 2.25. The Bertz CT molecular complexity index is 423. The van der Waals surface area contributed by atoms with E-state index in [0.29, 0.717) is 18.7 Å². The lowest BCUT2D eigenvalue weighted by Gasteiger charge is -2.33. The summed E-state index contributed by atoms with van der Waals surface area (Å²) in [5, 5.41) is 0. The van der Waals surface area contributed by atoms with E-state index in [4.69, 9.17) is 0 Å². The third kappa shape index (κ3) is 2.76. The number of carbonyl (C=O) groups excluding carboxylic acids is 2.